The molecule has 22 heavy (non-hydrogen) atoms. The molecule has 0 aliphatic carbocycles. The summed E-state index contributed by atoms with van der Waals surface area (Å²) in [7, 11) is 0. The molecule has 0 radical (unpaired) electrons. The van der Waals surface area contributed by atoms with Crippen LogP contribution in [0, 0.1) is 5.82 Å². The van der Waals surface area contributed by atoms with Crippen molar-refractivity contribution < 1.29 is 9.18 Å². The minimum absolute atomic E-state index is 0.205. The van der Waals surface area contributed by atoms with E-state index < -0.39 is 5.82 Å². The minimum Gasteiger partial charge on any atom is -0.324 e. The molecule has 0 heterocycles. The van der Waals surface area contributed by atoms with Crippen molar-refractivity contribution in [1.29, 1.82) is 0 Å². The Hall–Kier alpha value is -1.91. The highest BCUT2D eigenvalue weighted by Gasteiger charge is 2.05. The van der Waals surface area contributed by atoms with Gasteiger partial charge in [-0.3, -0.25) is 4.79 Å². The summed E-state index contributed by atoms with van der Waals surface area (Å²) in [6.07, 6.45) is 1.17. The van der Waals surface area contributed by atoms with Gasteiger partial charge < -0.3 is 10.6 Å². The van der Waals surface area contributed by atoms with Crippen LogP contribution < -0.4 is 10.6 Å². The molecule has 2 aromatic rings. The van der Waals surface area contributed by atoms with E-state index in [9.17, 15) is 9.18 Å². The van der Waals surface area contributed by atoms with Gasteiger partial charge in [-0.25, -0.2) is 4.39 Å². The first-order valence-electron chi connectivity index (χ1n) is 7.15. The van der Waals surface area contributed by atoms with Crippen molar-refractivity contribution in [3.05, 3.63) is 64.9 Å². The molecule has 5 heteroatoms. The Bertz CT molecular complexity index is 616. The SMILES string of the molecule is O=C(CCNCCc1ccc(Cl)cc1)Nc1ccccc1F. The summed E-state index contributed by atoms with van der Waals surface area (Å²) in [6.45, 7) is 1.32. The molecule has 2 N–H and O–H groups in total. The van der Waals surface area contributed by atoms with Crippen molar-refractivity contribution >= 4 is 23.2 Å². The number of hydrogen-bond donors (Lipinski definition) is 2. The molecule has 116 valence electrons. The molecule has 0 atom stereocenters. The molecule has 0 spiro atoms. The Kier molecular flexibility index (Phi) is 6.37. The Morgan fingerprint density at radius 1 is 1.05 bits per heavy atom. The summed E-state index contributed by atoms with van der Waals surface area (Å²) >= 11 is 5.82. The molecule has 0 bridgehead atoms. The van der Waals surface area contributed by atoms with E-state index in [1.54, 1.807) is 18.2 Å². The first-order valence-corrected chi connectivity index (χ1v) is 7.52. The summed E-state index contributed by atoms with van der Waals surface area (Å²) in [4.78, 5) is 11.7. The van der Waals surface area contributed by atoms with Gasteiger partial charge in [-0.2, -0.15) is 0 Å². The molecule has 0 saturated carbocycles. The van der Waals surface area contributed by atoms with Crippen LogP contribution in [0.25, 0.3) is 0 Å². The van der Waals surface area contributed by atoms with Gasteiger partial charge in [0.1, 0.15) is 5.82 Å². The van der Waals surface area contributed by atoms with Gasteiger partial charge in [0.05, 0.1) is 5.69 Å². The number of nitrogens with one attached hydrogen (secondary N) is 2. The maximum atomic E-state index is 13.4. The summed E-state index contributed by atoms with van der Waals surface area (Å²) in [5.74, 6) is -0.629. The quantitative estimate of drug-likeness (QED) is 0.765. The Balaban J connectivity index is 1.63. The van der Waals surface area contributed by atoms with E-state index in [1.807, 2.05) is 24.3 Å². The second-order valence-corrected chi connectivity index (χ2v) is 5.34. The fourth-order valence-corrected chi connectivity index (χ4v) is 2.11. The zero-order valence-electron chi connectivity index (χ0n) is 12.1. The predicted octanol–water partition coefficient (Wildman–Crippen LogP) is 3.64. The van der Waals surface area contributed by atoms with Crippen LogP contribution >= 0.6 is 11.6 Å². The molecule has 0 saturated heterocycles. The molecule has 2 aromatic carbocycles. The van der Waals surface area contributed by atoms with Crippen molar-refractivity contribution in [1.82, 2.24) is 5.32 Å². The summed E-state index contributed by atoms with van der Waals surface area (Å²) < 4.78 is 13.4. The number of carbonyl (C=O) groups excluding carboxylic acids is 1. The monoisotopic (exact) mass is 320 g/mol. The number of benzene rings is 2. The average Bonchev–Trinajstić information content (AvgIpc) is 2.51. The molecule has 0 unspecified atom stereocenters. The minimum atomic E-state index is -0.424. The third-order valence-electron chi connectivity index (χ3n) is 3.18. The highest BCUT2D eigenvalue weighted by molar-refractivity contribution is 6.30. The average molecular weight is 321 g/mol. The number of amides is 1. The Labute approximate surface area is 134 Å². The van der Waals surface area contributed by atoms with E-state index >= 15 is 0 Å². The van der Waals surface area contributed by atoms with Crippen molar-refractivity contribution in [2.45, 2.75) is 12.8 Å². The zero-order chi connectivity index (χ0) is 15.8. The molecular weight excluding hydrogens is 303 g/mol. The van der Waals surface area contributed by atoms with Crippen LogP contribution in [0.15, 0.2) is 48.5 Å². The second-order valence-electron chi connectivity index (χ2n) is 4.90. The van der Waals surface area contributed by atoms with Crippen LogP contribution in [0.2, 0.25) is 5.02 Å². The van der Waals surface area contributed by atoms with E-state index in [1.165, 1.54) is 11.6 Å². The van der Waals surface area contributed by atoms with Crippen molar-refractivity contribution in [3.63, 3.8) is 0 Å². The van der Waals surface area contributed by atoms with E-state index in [-0.39, 0.29) is 11.6 Å². The second kappa shape index (κ2) is 8.51. The van der Waals surface area contributed by atoms with Gasteiger partial charge in [-0.05, 0) is 42.8 Å². The molecule has 0 fully saturated rings. The summed E-state index contributed by atoms with van der Waals surface area (Å²) in [5, 5.41) is 6.47. The maximum Gasteiger partial charge on any atom is 0.225 e. The van der Waals surface area contributed by atoms with Gasteiger partial charge in [0.2, 0.25) is 5.91 Å². The first kappa shape index (κ1) is 16.5. The molecule has 2 rings (SSSR count). The van der Waals surface area contributed by atoms with Crippen LogP contribution in [0.4, 0.5) is 10.1 Å². The predicted molar refractivity (Wildman–Crippen MR) is 87.7 cm³/mol. The number of rotatable bonds is 7. The normalized spacial score (nSPS) is 10.5. The van der Waals surface area contributed by atoms with Crippen molar-refractivity contribution in [3.8, 4) is 0 Å². The molecule has 3 nitrogen and oxygen atoms in total. The standard InChI is InChI=1S/C17H18ClFN2O/c18-14-7-5-13(6-8-14)9-11-20-12-10-17(22)21-16-4-2-1-3-15(16)19/h1-8,20H,9-12H2,(H,21,22). The smallest absolute Gasteiger partial charge is 0.225 e. The molecule has 1 amide bonds. The van der Waals surface area contributed by atoms with Crippen LogP contribution in [-0.4, -0.2) is 19.0 Å². The van der Waals surface area contributed by atoms with Gasteiger partial charge in [0, 0.05) is 18.0 Å². The van der Waals surface area contributed by atoms with E-state index in [0.29, 0.717) is 13.0 Å². The lowest BCUT2D eigenvalue weighted by Crippen LogP contribution is -2.23. The summed E-state index contributed by atoms with van der Waals surface area (Å²) in [6, 6.07) is 13.8. The van der Waals surface area contributed by atoms with Gasteiger partial charge in [0.25, 0.3) is 0 Å². The van der Waals surface area contributed by atoms with E-state index in [4.69, 9.17) is 11.6 Å². The molecule has 0 aliphatic heterocycles. The zero-order valence-corrected chi connectivity index (χ0v) is 12.9. The number of halogens is 2. The number of anilines is 1. The van der Waals surface area contributed by atoms with Gasteiger partial charge >= 0.3 is 0 Å². The lowest BCUT2D eigenvalue weighted by atomic mass is 10.1. The molecule has 0 aliphatic rings. The Morgan fingerprint density at radius 2 is 1.77 bits per heavy atom. The fraction of sp³-hybridized carbons (Fsp3) is 0.235. The van der Waals surface area contributed by atoms with Gasteiger partial charge in [-0.1, -0.05) is 35.9 Å². The summed E-state index contributed by atoms with van der Waals surface area (Å²) in [5.41, 5.74) is 1.40. The largest absolute Gasteiger partial charge is 0.324 e. The van der Waals surface area contributed by atoms with Crippen molar-refractivity contribution in [2.24, 2.45) is 0 Å². The molecular formula is C17H18ClFN2O. The first-order chi connectivity index (χ1) is 10.6. The highest BCUT2D eigenvalue weighted by atomic mass is 35.5. The van der Waals surface area contributed by atoms with E-state index in [2.05, 4.69) is 10.6 Å². The number of hydrogen-bond acceptors (Lipinski definition) is 2. The van der Waals surface area contributed by atoms with Crippen LogP contribution in [-0.2, 0) is 11.2 Å². The highest BCUT2D eigenvalue weighted by Crippen LogP contribution is 2.12. The molecule has 0 aromatic heterocycles. The third kappa shape index (κ3) is 5.47. The third-order valence-corrected chi connectivity index (χ3v) is 3.43. The van der Waals surface area contributed by atoms with Crippen LogP contribution in [0.1, 0.15) is 12.0 Å². The number of carbonyl (C=O) groups is 1. The lowest BCUT2D eigenvalue weighted by Gasteiger charge is -2.07. The van der Waals surface area contributed by atoms with Crippen molar-refractivity contribution in [2.75, 3.05) is 18.4 Å². The Morgan fingerprint density at radius 3 is 2.50 bits per heavy atom. The van der Waals surface area contributed by atoms with Crippen LogP contribution in [0.5, 0.6) is 0 Å². The maximum absolute atomic E-state index is 13.4. The van der Waals surface area contributed by atoms with E-state index in [0.717, 1.165) is 18.0 Å². The fourth-order valence-electron chi connectivity index (χ4n) is 1.99. The van der Waals surface area contributed by atoms with Gasteiger partial charge in [0.15, 0.2) is 0 Å². The van der Waals surface area contributed by atoms with Gasteiger partial charge in [-0.15, -0.1) is 0 Å². The number of para-hydroxylation sites is 1. The van der Waals surface area contributed by atoms with Crippen LogP contribution in [0.3, 0.4) is 0 Å². The lowest BCUT2D eigenvalue weighted by molar-refractivity contribution is -0.116. The topological polar surface area (TPSA) is 41.1 Å².